The molecule has 0 saturated heterocycles. The second-order valence-corrected chi connectivity index (χ2v) is 6.27. The van der Waals surface area contributed by atoms with Crippen LogP contribution in [0.2, 0.25) is 0 Å². The quantitative estimate of drug-likeness (QED) is 0.769. The van der Waals surface area contributed by atoms with E-state index in [2.05, 4.69) is 24.3 Å². The predicted molar refractivity (Wildman–Crippen MR) is 76.8 cm³/mol. The van der Waals surface area contributed by atoms with E-state index in [-0.39, 0.29) is 0 Å². The molecule has 0 radical (unpaired) electrons. The zero-order chi connectivity index (χ0) is 12.4. The number of rotatable bonds is 2. The Balaban J connectivity index is 1.70. The SMILES string of the molecule is NC1CCCCC(c2ccc(C3CCC3)cc2)C1. The van der Waals surface area contributed by atoms with Crippen molar-refractivity contribution in [3.63, 3.8) is 0 Å². The van der Waals surface area contributed by atoms with Crippen molar-refractivity contribution < 1.29 is 0 Å². The molecular formula is C17H25N. The van der Waals surface area contributed by atoms with Gasteiger partial charge in [0, 0.05) is 6.04 Å². The highest BCUT2D eigenvalue weighted by atomic mass is 14.6. The lowest BCUT2D eigenvalue weighted by Gasteiger charge is -2.26. The molecule has 1 heteroatoms. The molecule has 18 heavy (non-hydrogen) atoms. The minimum Gasteiger partial charge on any atom is -0.328 e. The molecule has 1 aromatic rings. The highest BCUT2D eigenvalue weighted by molar-refractivity contribution is 5.29. The van der Waals surface area contributed by atoms with Gasteiger partial charge in [-0.1, -0.05) is 43.5 Å². The van der Waals surface area contributed by atoms with E-state index in [9.17, 15) is 0 Å². The maximum atomic E-state index is 6.17. The smallest absolute Gasteiger partial charge is 0.00446 e. The molecule has 0 aromatic heterocycles. The summed E-state index contributed by atoms with van der Waals surface area (Å²) in [5, 5.41) is 0. The molecule has 1 aromatic carbocycles. The van der Waals surface area contributed by atoms with Gasteiger partial charge in [-0.3, -0.25) is 0 Å². The first-order valence-electron chi connectivity index (χ1n) is 7.68. The van der Waals surface area contributed by atoms with Crippen molar-refractivity contribution in [3.05, 3.63) is 35.4 Å². The van der Waals surface area contributed by atoms with Crippen LogP contribution in [0, 0.1) is 0 Å². The van der Waals surface area contributed by atoms with Crippen molar-refractivity contribution in [2.75, 3.05) is 0 Å². The van der Waals surface area contributed by atoms with Crippen molar-refractivity contribution in [1.29, 1.82) is 0 Å². The summed E-state index contributed by atoms with van der Waals surface area (Å²) in [6, 6.07) is 9.90. The van der Waals surface area contributed by atoms with Crippen molar-refractivity contribution in [1.82, 2.24) is 0 Å². The molecule has 3 rings (SSSR count). The van der Waals surface area contributed by atoms with Crippen molar-refractivity contribution in [2.45, 2.75) is 69.2 Å². The average Bonchev–Trinajstić information content (AvgIpc) is 2.53. The maximum Gasteiger partial charge on any atom is 0.00446 e. The van der Waals surface area contributed by atoms with Gasteiger partial charge in [0.15, 0.2) is 0 Å². The number of hydrogen-bond acceptors (Lipinski definition) is 1. The Bertz CT molecular complexity index is 377. The molecule has 2 aliphatic rings. The Labute approximate surface area is 111 Å². The summed E-state index contributed by atoms with van der Waals surface area (Å²) in [7, 11) is 0. The first-order valence-corrected chi connectivity index (χ1v) is 7.68. The monoisotopic (exact) mass is 243 g/mol. The topological polar surface area (TPSA) is 26.0 Å². The van der Waals surface area contributed by atoms with Gasteiger partial charge in [-0.05, 0) is 55.1 Å². The third-order valence-corrected chi connectivity index (χ3v) is 4.95. The standard InChI is InChI=1S/C17H25N/c18-17-7-2-1-4-16(12-17)15-10-8-14(9-11-15)13-5-3-6-13/h8-11,13,16-17H,1-7,12,18H2. The van der Waals surface area contributed by atoms with Crippen LogP contribution in [0.5, 0.6) is 0 Å². The predicted octanol–water partition coefficient (Wildman–Crippen LogP) is 4.33. The van der Waals surface area contributed by atoms with E-state index in [1.54, 1.807) is 5.56 Å². The van der Waals surface area contributed by atoms with E-state index in [1.165, 1.54) is 56.9 Å². The molecule has 2 saturated carbocycles. The molecule has 0 spiro atoms. The Morgan fingerprint density at radius 1 is 0.722 bits per heavy atom. The van der Waals surface area contributed by atoms with Crippen LogP contribution in [0.4, 0.5) is 0 Å². The minimum absolute atomic E-state index is 0.420. The molecule has 2 N–H and O–H groups in total. The van der Waals surface area contributed by atoms with E-state index < -0.39 is 0 Å². The molecule has 2 fully saturated rings. The van der Waals surface area contributed by atoms with Gasteiger partial charge >= 0.3 is 0 Å². The summed E-state index contributed by atoms with van der Waals surface area (Å²) in [6.45, 7) is 0. The fraction of sp³-hybridized carbons (Fsp3) is 0.647. The van der Waals surface area contributed by atoms with Gasteiger partial charge in [-0.25, -0.2) is 0 Å². The normalized spacial score (nSPS) is 29.6. The van der Waals surface area contributed by atoms with Gasteiger partial charge in [0.05, 0.1) is 0 Å². The lowest BCUT2D eigenvalue weighted by atomic mass is 9.79. The summed E-state index contributed by atoms with van der Waals surface area (Å²) in [4.78, 5) is 0. The molecular weight excluding hydrogens is 218 g/mol. The summed E-state index contributed by atoms with van der Waals surface area (Å²) < 4.78 is 0. The molecule has 0 bridgehead atoms. The molecule has 2 aliphatic carbocycles. The van der Waals surface area contributed by atoms with Crippen LogP contribution in [0.15, 0.2) is 24.3 Å². The highest BCUT2D eigenvalue weighted by Crippen LogP contribution is 2.37. The third-order valence-electron chi connectivity index (χ3n) is 4.95. The maximum absolute atomic E-state index is 6.17. The molecule has 2 atom stereocenters. The van der Waals surface area contributed by atoms with E-state index in [0.29, 0.717) is 12.0 Å². The van der Waals surface area contributed by atoms with Crippen LogP contribution in [0.1, 0.15) is 74.3 Å². The lowest BCUT2D eigenvalue weighted by Crippen LogP contribution is -2.20. The van der Waals surface area contributed by atoms with Gasteiger partial charge in [0.25, 0.3) is 0 Å². The van der Waals surface area contributed by atoms with Crippen molar-refractivity contribution in [2.24, 2.45) is 5.73 Å². The first kappa shape index (κ1) is 12.2. The Hall–Kier alpha value is -0.820. The van der Waals surface area contributed by atoms with E-state index in [1.807, 2.05) is 0 Å². The first-order chi connectivity index (χ1) is 8.83. The number of benzene rings is 1. The van der Waals surface area contributed by atoms with E-state index >= 15 is 0 Å². The molecule has 98 valence electrons. The average molecular weight is 243 g/mol. The minimum atomic E-state index is 0.420. The fourth-order valence-electron chi connectivity index (χ4n) is 3.48. The van der Waals surface area contributed by atoms with Gasteiger partial charge in [0.2, 0.25) is 0 Å². The Kier molecular flexibility index (Phi) is 3.69. The van der Waals surface area contributed by atoms with Crippen LogP contribution in [-0.2, 0) is 0 Å². The zero-order valence-corrected chi connectivity index (χ0v) is 11.3. The third kappa shape index (κ3) is 2.61. The number of nitrogens with two attached hydrogens (primary N) is 1. The summed E-state index contributed by atoms with van der Waals surface area (Å²) >= 11 is 0. The molecule has 0 aliphatic heterocycles. The molecule has 0 heterocycles. The van der Waals surface area contributed by atoms with Gasteiger partial charge in [0.1, 0.15) is 0 Å². The molecule has 0 amide bonds. The van der Waals surface area contributed by atoms with Crippen LogP contribution in [-0.4, -0.2) is 6.04 Å². The van der Waals surface area contributed by atoms with Crippen molar-refractivity contribution in [3.8, 4) is 0 Å². The molecule has 1 nitrogen and oxygen atoms in total. The highest BCUT2D eigenvalue weighted by Gasteiger charge is 2.21. The number of hydrogen-bond donors (Lipinski definition) is 1. The second kappa shape index (κ2) is 5.44. The van der Waals surface area contributed by atoms with Crippen LogP contribution in [0.3, 0.4) is 0 Å². The van der Waals surface area contributed by atoms with Crippen LogP contribution < -0.4 is 5.73 Å². The Morgan fingerprint density at radius 3 is 1.89 bits per heavy atom. The fourth-order valence-corrected chi connectivity index (χ4v) is 3.48. The largest absolute Gasteiger partial charge is 0.328 e. The lowest BCUT2D eigenvalue weighted by molar-refractivity contribution is 0.419. The van der Waals surface area contributed by atoms with Crippen LogP contribution in [0.25, 0.3) is 0 Å². The summed E-state index contributed by atoms with van der Waals surface area (Å²) in [5.41, 5.74) is 9.25. The van der Waals surface area contributed by atoms with E-state index in [0.717, 1.165) is 5.92 Å². The second-order valence-electron chi connectivity index (χ2n) is 6.27. The summed E-state index contributed by atoms with van der Waals surface area (Å²) in [5.74, 6) is 1.56. The van der Waals surface area contributed by atoms with E-state index in [4.69, 9.17) is 5.73 Å². The Morgan fingerprint density at radius 2 is 1.28 bits per heavy atom. The van der Waals surface area contributed by atoms with Gasteiger partial charge in [-0.2, -0.15) is 0 Å². The van der Waals surface area contributed by atoms with Crippen molar-refractivity contribution >= 4 is 0 Å². The van der Waals surface area contributed by atoms with Gasteiger partial charge < -0.3 is 5.73 Å². The summed E-state index contributed by atoms with van der Waals surface area (Å²) in [6.07, 6.45) is 10.6. The zero-order valence-electron chi connectivity index (χ0n) is 11.3. The van der Waals surface area contributed by atoms with Crippen LogP contribution >= 0.6 is 0 Å². The molecule has 2 unspecified atom stereocenters. The van der Waals surface area contributed by atoms with Gasteiger partial charge in [-0.15, -0.1) is 0 Å².